The first kappa shape index (κ1) is 19.4. The summed E-state index contributed by atoms with van der Waals surface area (Å²) in [6.45, 7) is 5.56. The van der Waals surface area contributed by atoms with Gasteiger partial charge in [0.05, 0.1) is 6.61 Å². The van der Waals surface area contributed by atoms with Crippen LogP contribution in [-0.2, 0) is 20.8 Å². The molecule has 1 saturated carbocycles. The van der Waals surface area contributed by atoms with Crippen molar-refractivity contribution in [1.82, 2.24) is 4.90 Å². The molecule has 6 heteroatoms. The number of fused-ring (bicyclic) bond motifs is 1. The molecule has 3 atom stereocenters. The Balaban J connectivity index is 1.32. The highest BCUT2D eigenvalue weighted by atomic mass is 16.7. The summed E-state index contributed by atoms with van der Waals surface area (Å²) in [6.07, 6.45) is 0.764. The van der Waals surface area contributed by atoms with Gasteiger partial charge in [-0.15, -0.1) is 0 Å². The molecular weight excluding hydrogens is 382 g/mol. The van der Waals surface area contributed by atoms with E-state index in [2.05, 4.69) is 12.1 Å². The zero-order valence-electron chi connectivity index (χ0n) is 17.4. The van der Waals surface area contributed by atoms with Crippen molar-refractivity contribution in [3.8, 4) is 11.5 Å². The molecule has 0 spiro atoms. The topological polar surface area (TPSA) is 57.2 Å². The smallest absolute Gasteiger partial charge is 0.231 e. The zero-order valence-corrected chi connectivity index (χ0v) is 17.4. The largest absolute Gasteiger partial charge is 0.454 e. The normalized spacial score (nSPS) is 25.9. The molecule has 1 amide bonds. The second-order valence-electron chi connectivity index (χ2n) is 8.72. The summed E-state index contributed by atoms with van der Waals surface area (Å²) in [5.41, 5.74) is 2.25. The molecule has 6 nitrogen and oxygen atoms in total. The second-order valence-corrected chi connectivity index (χ2v) is 8.72. The molecule has 2 aliphatic heterocycles. The van der Waals surface area contributed by atoms with Crippen molar-refractivity contribution < 1.29 is 23.7 Å². The molecule has 5 rings (SSSR count). The average molecular weight is 409 g/mol. The minimum Gasteiger partial charge on any atom is -0.454 e. The van der Waals surface area contributed by atoms with E-state index in [-0.39, 0.29) is 24.7 Å². The Morgan fingerprint density at radius 2 is 1.90 bits per heavy atom. The molecule has 0 N–H and O–H groups in total. The van der Waals surface area contributed by atoms with Crippen molar-refractivity contribution >= 4 is 5.91 Å². The number of benzene rings is 2. The van der Waals surface area contributed by atoms with Crippen molar-refractivity contribution in [2.24, 2.45) is 5.92 Å². The number of ether oxygens (including phenoxy) is 4. The number of hydrogen-bond acceptors (Lipinski definition) is 5. The third-order valence-corrected chi connectivity index (χ3v) is 5.95. The van der Waals surface area contributed by atoms with Crippen molar-refractivity contribution in [1.29, 1.82) is 0 Å². The van der Waals surface area contributed by atoms with Gasteiger partial charge in [-0.05, 0) is 49.4 Å². The summed E-state index contributed by atoms with van der Waals surface area (Å²) < 4.78 is 22.6. The van der Waals surface area contributed by atoms with E-state index in [0.717, 1.165) is 23.5 Å². The van der Waals surface area contributed by atoms with Crippen molar-refractivity contribution in [3.05, 3.63) is 59.7 Å². The summed E-state index contributed by atoms with van der Waals surface area (Å²) >= 11 is 0. The first-order valence-electron chi connectivity index (χ1n) is 10.5. The SMILES string of the molecule is CC1(C)OC[C@H](CN(Cc2ccc3c(c2)OCO3)C(=O)[C@@H]2C[C@H]2c2ccccc2)O1. The van der Waals surface area contributed by atoms with Crippen molar-refractivity contribution in [2.75, 3.05) is 19.9 Å². The number of carbonyl (C=O) groups is 1. The summed E-state index contributed by atoms with van der Waals surface area (Å²) in [5, 5.41) is 0. The van der Waals surface area contributed by atoms with Gasteiger partial charge in [-0.1, -0.05) is 36.4 Å². The van der Waals surface area contributed by atoms with Crippen LogP contribution in [0.15, 0.2) is 48.5 Å². The monoisotopic (exact) mass is 409 g/mol. The van der Waals surface area contributed by atoms with Gasteiger partial charge in [-0.25, -0.2) is 0 Å². The molecular formula is C24H27NO5. The van der Waals surface area contributed by atoms with Crippen LogP contribution in [0.3, 0.4) is 0 Å². The van der Waals surface area contributed by atoms with Gasteiger partial charge in [0, 0.05) is 19.0 Å². The lowest BCUT2D eigenvalue weighted by Gasteiger charge is -2.26. The van der Waals surface area contributed by atoms with Crippen LogP contribution in [0.4, 0.5) is 0 Å². The Labute approximate surface area is 176 Å². The maximum absolute atomic E-state index is 13.5. The fourth-order valence-electron chi connectivity index (χ4n) is 4.36. The summed E-state index contributed by atoms with van der Waals surface area (Å²) in [6, 6.07) is 16.1. The van der Waals surface area contributed by atoms with E-state index < -0.39 is 5.79 Å². The molecule has 2 aromatic carbocycles. The van der Waals surface area contributed by atoms with Gasteiger partial charge in [-0.2, -0.15) is 0 Å². The van der Waals surface area contributed by atoms with E-state index in [1.54, 1.807) is 0 Å². The standard InChI is InChI=1S/C24H27NO5/c1-24(2)29-14-18(30-24)13-25(12-16-8-9-21-22(10-16)28-15-27-21)23(26)20-11-19(20)17-6-4-3-5-7-17/h3-10,18-20H,11-15H2,1-2H3/t18-,19-,20+/m0/s1. The average Bonchev–Trinajstić information content (AvgIpc) is 3.27. The summed E-state index contributed by atoms with van der Waals surface area (Å²) in [5.74, 6) is 1.37. The van der Waals surface area contributed by atoms with Gasteiger partial charge in [0.25, 0.3) is 0 Å². The van der Waals surface area contributed by atoms with Gasteiger partial charge >= 0.3 is 0 Å². The Bertz CT molecular complexity index is 928. The van der Waals surface area contributed by atoms with Crippen LogP contribution in [0.25, 0.3) is 0 Å². The van der Waals surface area contributed by atoms with Crippen LogP contribution >= 0.6 is 0 Å². The van der Waals surface area contributed by atoms with Crippen LogP contribution in [0.5, 0.6) is 11.5 Å². The Kier molecular flexibility index (Phi) is 4.91. The lowest BCUT2D eigenvalue weighted by atomic mass is 10.1. The van der Waals surface area contributed by atoms with Gasteiger partial charge in [0.2, 0.25) is 12.7 Å². The number of rotatable bonds is 6. The predicted octanol–water partition coefficient (Wildman–Crippen LogP) is 3.70. The minimum absolute atomic E-state index is 0.0248. The predicted molar refractivity (Wildman–Crippen MR) is 110 cm³/mol. The number of amides is 1. The number of carbonyl (C=O) groups excluding carboxylic acids is 1. The molecule has 3 aliphatic rings. The Hall–Kier alpha value is -2.57. The lowest BCUT2D eigenvalue weighted by molar-refractivity contribution is -0.147. The second kappa shape index (κ2) is 7.60. The summed E-state index contributed by atoms with van der Waals surface area (Å²) in [7, 11) is 0. The Morgan fingerprint density at radius 3 is 2.67 bits per heavy atom. The maximum atomic E-state index is 13.5. The van der Waals surface area contributed by atoms with Crippen molar-refractivity contribution in [2.45, 2.75) is 44.6 Å². The molecule has 2 fully saturated rings. The summed E-state index contributed by atoms with van der Waals surface area (Å²) in [4.78, 5) is 15.4. The van der Waals surface area contributed by atoms with Crippen molar-refractivity contribution in [3.63, 3.8) is 0 Å². The first-order chi connectivity index (χ1) is 14.5. The van der Waals surface area contributed by atoms with E-state index in [9.17, 15) is 4.79 Å². The van der Waals surface area contributed by atoms with E-state index >= 15 is 0 Å². The quantitative estimate of drug-likeness (QED) is 0.728. The van der Waals surface area contributed by atoms with E-state index in [0.29, 0.717) is 25.6 Å². The minimum atomic E-state index is -0.607. The van der Waals surface area contributed by atoms with Gasteiger partial charge in [0.1, 0.15) is 6.10 Å². The van der Waals surface area contributed by atoms with Crippen LogP contribution < -0.4 is 9.47 Å². The van der Waals surface area contributed by atoms with Crippen LogP contribution in [0, 0.1) is 5.92 Å². The molecule has 0 unspecified atom stereocenters. The zero-order chi connectivity index (χ0) is 20.7. The molecule has 2 aromatic rings. The maximum Gasteiger partial charge on any atom is 0.231 e. The van der Waals surface area contributed by atoms with Gasteiger partial charge < -0.3 is 23.8 Å². The van der Waals surface area contributed by atoms with Crippen LogP contribution in [-0.4, -0.2) is 42.6 Å². The third kappa shape index (κ3) is 4.02. The fraction of sp³-hybridized carbons (Fsp3) is 0.458. The number of hydrogen-bond donors (Lipinski definition) is 0. The van der Waals surface area contributed by atoms with Gasteiger partial charge in [-0.3, -0.25) is 4.79 Å². The van der Waals surface area contributed by atoms with Crippen LogP contribution in [0.1, 0.15) is 37.3 Å². The van der Waals surface area contributed by atoms with Gasteiger partial charge in [0.15, 0.2) is 17.3 Å². The highest BCUT2D eigenvalue weighted by molar-refractivity contribution is 5.83. The van der Waals surface area contributed by atoms with E-state index in [4.69, 9.17) is 18.9 Å². The fourth-order valence-corrected chi connectivity index (χ4v) is 4.36. The first-order valence-corrected chi connectivity index (χ1v) is 10.5. The lowest BCUT2D eigenvalue weighted by Crippen LogP contribution is -2.39. The van der Waals surface area contributed by atoms with E-state index in [1.807, 2.05) is 55.1 Å². The third-order valence-electron chi connectivity index (χ3n) is 5.95. The Morgan fingerprint density at radius 1 is 1.10 bits per heavy atom. The molecule has 0 radical (unpaired) electrons. The van der Waals surface area contributed by atoms with E-state index in [1.165, 1.54) is 5.56 Å². The molecule has 0 bridgehead atoms. The van der Waals surface area contributed by atoms with Crippen LogP contribution in [0.2, 0.25) is 0 Å². The molecule has 2 heterocycles. The molecule has 1 aliphatic carbocycles. The highest BCUT2D eigenvalue weighted by Crippen LogP contribution is 2.48. The highest BCUT2D eigenvalue weighted by Gasteiger charge is 2.46. The molecule has 1 saturated heterocycles. The molecule has 158 valence electrons. The number of nitrogens with zero attached hydrogens (tertiary/aromatic N) is 1. The molecule has 0 aromatic heterocycles. The molecule has 30 heavy (non-hydrogen) atoms.